The summed E-state index contributed by atoms with van der Waals surface area (Å²) in [7, 11) is 0. The van der Waals surface area contributed by atoms with Gasteiger partial charge in [-0.15, -0.1) is 0 Å². The highest BCUT2D eigenvalue weighted by molar-refractivity contribution is 6.95. The van der Waals surface area contributed by atoms with Gasteiger partial charge in [0.25, 0.3) is 6.71 Å². The summed E-state index contributed by atoms with van der Waals surface area (Å²) in [6.07, 6.45) is 1.94. The lowest BCUT2D eigenvalue weighted by Crippen LogP contribution is -2.53. The van der Waals surface area contributed by atoms with Gasteiger partial charge >= 0.3 is 0 Å². The number of fused-ring (bicyclic) bond motifs is 6. The van der Waals surface area contributed by atoms with Crippen molar-refractivity contribution in [3.63, 3.8) is 0 Å². The van der Waals surface area contributed by atoms with Crippen LogP contribution in [-0.4, -0.2) is 25.8 Å². The van der Waals surface area contributed by atoms with E-state index in [1.54, 1.807) is 0 Å². The Morgan fingerprint density at radius 2 is 1.02 bits per heavy atom. The third kappa shape index (κ3) is 4.46. The van der Waals surface area contributed by atoms with Crippen LogP contribution >= 0.6 is 0 Å². The molecular formula is C42H31BN4. The maximum Gasteiger partial charge on any atom is 0.265 e. The highest BCUT2D eigenvalue weighted by Crippen LogP contribution is 2.32. The first-order chi connectivity index (χ1) is 23.1. The van der Waals surface area contributed by atoms with Crippen molar-refractivity contribution in [2.45, 2.75) is 13.8 Å². The number of benzene rings is 5. The van der Waals surface area contributed by atoms with Crippen molar-refractivity contribution in [3.05, 3.63) is 163 Å². The zero-order valence-corrected chi connectivity index (χ0v) is 26.3. The molecule has 0 amide bonds. The number of hydrogen-bond acceptors (Lipinski definition) is 2. The zero-order chi connectivity index (χ0) is 31.5. The molecule has 0 spiro atoms. The summed E-state index contributed by atoms with van der Waals surface area (Å²) in [6.45, 7) is 4.17. The summed E-state index contributed by atoms with van der Waals surface area (Å²) < 4.78 is 4.61. The van der Waals surface area contributed by atoms with E-state index >= 15 is 0 Å². The maximum absolute atomic E-state index is 5.49. The largest absolute Gasteiger partial charge is 0.294 e. The van der Waals surface area contributed by atoms with Crippen molar-refractivity contribution < 1.29 is 0 Å². The van der Waals surface area contributed by atoms with E-state index in [1.807, 2.05) is 6.20 Å². The Labute approximate surface area is 273 Å². The number of hydrogen-bond donors (Lipinski definition) is 0. The molecule has 0 aliphatic heterocycles. The second kappa shape index (κ2) is 10.9. The summed E-state index contributed by atoms with van der Waals surface area (Å²) >= 11 is 0. The van der Waals surface area contributed by atoms with Crippen LogP contribution in [0, 0.1) is 13.8 Å². The van der Waals surface area contributed by atoms with E-state index in [-0.39, 0.29) is 6.71 Å². The number of nitrogens with zero attached hydrogens (tertiary/aromatic N) is 4. The summed E-state index contributed by atoms with van der Waals surface area (Å²) in [5, 5.41) is 4.89. The van der Waals surface area contributed by atoms with Crippen LogP contribution in [0.1, 0.15) is 11.1 Å². The van der Waals surface area contributed by atoms with Gasteiger partial charge in [0.1, 0.15) is 11.6 Å². The monoisotopic (exact) mass is 602 g/mol. The lowest BCUT2D eigenvalue weighted by atomic mass is 9.38. The molecule has 0 unspecified atom stereocenters. The molecule has 0 atom stereocenters. The topological polar surface area (TPSA) is 35.6 Å². The number of aromatic nitrogens is 4. The van der Waals surface area contributed by atoms with Gasteiger partial charge in [-0.25, -0.2) is 9.97 Å². The molecule has 5 heteroatoms. The van der Waals surface area contributed by atoms with Crippen LogP contribution in [0.5, 0.6) is 0 Å². The maximum atomic E-state index is 5.49. The molecule has 9 rings (SSSR count). The van der Waals surface area contributed by atoms with Crippen molar-refractivity contribution in [2.75, 3.05) is 0 Å². The Hall–Kier alpha value is -5.94. The molecular weight excluding hydrogens is 571 g/mol. The zero-order valence-electron chi connectivity index (χ0n) is 26.3. The van der Waals surface area contributed by atoms with Crippen LogP contribution in [0.25, 0.3) is 55.2 Å². The normalized spacial score (nSPS) is 11.6. The SMILES string of the molecule is Cc1ccc(-n2c3ccccc3c3ccc(B(c4ccccc4)c4cc(C)cc(-n5c6ccccc6c6ccccc65)n4)cc32)nc1. The van der Waals surface area contributed by atoms with Crippen LogP contribution in [0.4, 0.5) is 0 Å². The molecule has 0 saturated carbocycles. The third-order valence-electron chi connectivity index (χ3n) is 9.37. The van der Waals surface area contributed by atoms with E-state index in [1.165, 1.54) is 38.0 Å². The second-order valence-corrected chi connectivity index (χ2v) is 12.5. The second-order valence-electron chi connectivity index (χ2n) is 12.5. The van der Waals surface area contributed by atoms with E-state index in [4.69, 9.17) is 9.97 Å². The molecule has 4 heterocycles. The summed E-state index contributed by atoms with van der Waals surface area (Å²) in [6, 6.07) is 52.2. The van der Waals surface area contributed by atoms with Gasteiger partial charge in [-0.2, -0.15) is 0 Å². The minimum Gasteiger partial charge on any atom is -0.294 e. The molecule has 0 aliphatic carbocycles. The van der Waals surface area contributed by atoms with Crippen molar-refractivity contribution in [1.29, 1.82) is 0 Å². The lowest BCUT2D eigenvalue weighted by molar-refractivity contribution is 1.07. The van der Waals surface area contributed by atoms with Gasteiger partial charge in [-0.05, 0) is 67.4 Å². The highest BCUT2D eigenvalue weighted by Gasteiger charge is 2.26. The van der Waals surface area contributed by atoms with Gasteiger partial charge in [0.2, 0.25) is 0 Å². The first-order valence-corrected chi connectivity index (χ1v) is 16.1. The summed E-state index contributed by atoms with van der Waals surface area (Å²) in [5.41, 5.74) is 10.3. The average Bonchev–Trinajstić information content (AvgIpc) is 3.62. The van der Waals surface area contributed by atoms with Crippen LogP contribution < -0.4 is 16.5 Å². The van der Waals surface area contributed by atoms with E-state index in [0.717, 1.165) is 44.9 Å². The minimum atomic E-state index is -0.0789. The Kier molecular flexibility index (Phi) is 6.32. The molecule has 0 aliphatic rings. The van der Waals surface area contributed by atoms with Gasteiger partial charge in [-0.3, -0.25) is 9.13 Å². The van der Waals surface area contributed by atoms with Gasteiger partial charge in [0, 0.05) is 33.3 Å². The Balaban J connectivity index is 1.30. The van der Waals surface area contributed by atoms with Crippen molar-refractivity contribution in [2.24, 2.45) is 0 Å². The molecule has 4 aromatic heterocycles. The smallest absolute Gasteiger partial charge is 0.265 e. The van der Waals surface area contributed by atoms with E-state index < -0.39 is 0 Å². The Morgan fingerprint density at radius 3 is 1.64 bits per heavy atom. The van der Waals surface area contributed by atoms with E-state index in [9.17, 15) is 0 Å². The number of para-hydroxylation sites is 3. The molecule has 0 saturated heterocycles. The quantitative estimate of drug-likeness (QED) is 0.189. The summed E-state index contributed by atoms with van der Waals surface area (Å²) in [5.74, 6) is 1.84. The molecule has 9 aromatic rings. The number of rotatable bonds is 5. The minimum absolute atomic E-state index is 0.0789. The van der Waals surface area contributed by atoms with Gasteiger partial charge in [0.05, 0.1) is 22.1 Å². The van der Waals surface area contributed by atoms with Gasteiger partial charge < -0.3 is 0 Å². The molecule has 47 heavy (non-hydrogen) atoms. The molecule has 0 N–H and O–H groups in total. The first kappa shape index (κ1) is 27.4. The van der Waals surface area contributed by atoms with E-state index in [2.05, 4.69) is 169 Å². The average molecular weight is 603 g/mol. The molecule has 0 fully saturated rings. The predicted octanol–water partition coefficient (Wildman–Crippen LogP) is 7.80. The van der Waals surface area contributed by atoms with Gasteiger partial charge in [-0.1, -0.05) is 114 Å². The fourth-order valence-electron chi connectivity index (χ4n) is 7.29. The van der Waals surface area contributed by atoms with Crippen LogP contribution in [0.2, 0.25) is 0 Å². The van der Waals surface area contributed by atoms with Crippen molar-refractivity contribution in [3.8, 4) is 11.6 Å². The first-order valence-electron chi connectivity index (χ1n) is 16.1. The molecule has 0 bridgehead atoms. The lowest BCUT2D eigenvalue weighted by Gasteiger charge is -2.18. The fraction of sp³-hybridized carbons (Fsp3) is 0.0476. The molecule has 0 radical (unpaired) electrons. The number of aryl methyl sites for hydroxylation is 2. The third-order valence-corrected chi connectivity index (χ3v) is 9.37. The number of pyridine rings is 2. The molecule has 5 aromatic carbocycles. The Morgan fingerprint density at radius 1 is 0.447 bits per heavy atom. The van der Waals surface area contributed by atoms with Crippen molar-refractivity contribution >= 4 is 66.8 Å². The van der Waals surface area contributed by atoms with Gasteiger partial charge in [0.15, 0.2) is 0 Å². The summed E-state index contributed by atoms with van der Waals surface area (Å²) in [4.78, 5) is 10.3. The predicted molar refractivity (Wildman–Crippen MR) is 198 cm³/mol. The fourth-order valence-corrected chi connectivity index (χ4v) is 7.29. The highest BCUT2D eigenvalue weighted by atomic mass is 15.1. The standard InChI is InChI=1S/C42H31BN4/c1-28-20-23-41(44-27-28)47-38-19-11-8-16-34(38)35-22-21-31(26-39(35)47)43(30-12-4-3-5-13-30)40-24-29(2)25-42(45-40)46-36-17-9-6-14-32(36)33-15-7-10-18-37(33)46/h3-27H,1-2H3. The Bertz CT molecular complexity index is 2540. The molecule has 222 valence electrons. The molecule has 4 nitrogen and oxygen atoms in total. The van der Waals surface area contributed by atoms with Crippen molar-refractivity contribution in [1.82, 2.24) is 19.1 Å². The van der Waals surface area contributed by atoms with Crippen LogP contribution in [0.15, 0.2) is 152 Å². The van der Waals surface area contributed by atoms with Crippen LogP contribution in [0.3, 0.4) is 0 Å². The van der Waals surface area contributed by atoms with E-state index in [0.29, 0.717) is 0 Å². The van der Waals surface area contributed by atoms with Crippen LogP contribution in [-0.2, 0) is 0 Å².